The number of rotatable bonds is 6. The van der Waals surface area contributed by atoms with E-state index in [1.807, 2.05) is 13.8 Å². The molecule has 2 aliphatic carbocycles. The summed E-state index contributed by atoms with van der Waals surface area (Å²) in [4.78, 5) is 4.62. The van der Waals surface area contributed by atoms with Crippen LogP contribution in [0.25, 0.3) is 0 Å². The number of hydrogen-bond acceptors (Lipinski definition) is 4. The Balaban J connectivity index is 0. The molecule has 0 aromatic heterocycles. The van der Waals surface area contributed by atoms with E-state index >= 15 is 0 Å². The molecule has 5 heteroatoms. The summed E-state index contributed by atoms with van der Waals surface area (Å²) in [6.07, 6.45) is 9.33. The van der Waals surface area contributed by atoms with Crippen LogP contribution in [0.2, 0.25) is 0 Å². The highest BCUT2D eigenvalue weighted by Gasteiger charge is 2.31. The van der Waals surface area contributed by atoms with Gasteiger partial charge in [-0.05, 0) is 94.4 Å². The fraction of sp³-hybridized carbons (Fsp3) is 1.00. The van der Waals surface area contributed by atoms with Crippen LogP contribution in [-0.2, 0) is 9.47 Å². The molecule has 0 unspecified atom stereocenters. The first kappa shape index (κ1) is 29.0. The van der Waals surface area contributed by atoms with E-state index in [1.54, 1.807) is 0 Å². The minimum absolute atomic E-state index is 0. The van der Waals surface area contributed by atoms with Crippen molar-refractivity contribution >= 4 is 0 Å². The monoisotopic (exact) mass is 390 g/mol. The van der Waals surface area contributed by atoms with Crippen molar-refractivity contribution in [2.75, 3.05) is 28.2 Å². The lowest BCUT2D eigenvalue weighted by molar-refractivity contribution is -0.0682. The molecule has 2 aliphatic rings. The van der Waals surface area contributed by atoms with Gasteiger partial charge in [-0.3, -0.25) is 0 Å². The summed E-state index contributed by atoms with van der Waals surface area (Å²) in [5.41, 5.74) is 0. The third-order valence-corrected chi connectivity index (χ3v) is 5.10. The smallest absolute Gasteiger partial charge is 0.0608 e. The molecule has 0 radical (unpaired) electrons. The second kappa shape index (κ2) is 15.7. The van der Waals surface area contributed by atoms with Gasteiger partial charge in [-0.1, -0.05) is 13.8 Å². The predicted octanol–water partition coefficient (Wildman–Crippen LogP) is 3.99. The first-order chi connectivity index (χ1) is 12.2. The van der Waals surface area contributed by atoms with E-state index in [4.69, 9.17) is 9.47 Å². The Morgan fingerprint density at radius 2 is 1.00 bits per heavy atom. The van der Waals surface area contributed by atoms with Crippen molar-refractivity contribution < 1.29 is 14.9 Å². The normalized spacial score (nSPS) is 27.3. The standard InChI is InChI=1S/C11H23NO.C9H19NO.C2H6.H2O/c1-9(2)13-11-7-5-10(6-8-11)12(3)4;1-7(2)11-9-5-8(6-9)10(3)4;1-2;/h9-11H,5-8H2,1-4H3;7-9H,5-6H2,1-4H3;1-2H3;1H2. The van der Waals surface area contributed by atoms with Gasteiger partial charge in [0.05, 0.1) is 24.4 Å². The highest BCUT2D eigenvalue weighted by Crippen LogP contribution is 2.27. The minimum atomic E-state index is 0. The maximum absolute atomic E-state index is 5.80. The van der Waals surface area contributed by atoms with E-state index in [0.717, 1.165) is 12.1 Å². The molecular weight excluding hydrogens is 340 g/mol. The highest BCUT2D eigenvalue weighted by molar-refractivity contribution is 4.85. The van der Waals surface area contributed by atoms with Crippen LogP contribution in [0.5, 0.6) is 0 Å². The Morgan fingerprint density at radius 3 is 1.33 bits per heavy atom. The van der Waals surface area contributed by atoms with Gasteiger partial charge in [0, 0.05) is 12.1 Å². The molecule has 2 rings (SSSR count). The van der Waals surface area contributed by atoms with Crippen LogP contribution < -0.4 is 0 Å². The molecule has 0 spiro atoms. The molecule has 5 nitrogen and oxygen atoms in total. The number of ether oxygens (including phenoxy) is 2. The topological polar surface area (TPSA) is 56.4 Å². The first-order valence-corrected chi connectivity index (χ1v) is 10.8. The second-order valence-corrected chi connectivity index (χ2v) is 8.47. The fourth-order valence-electron chi connectivity index (χ4n) is 3.54. The lowest BCUT2D eigenvalue weighted by atomic mass is 9.88. The van der Waals surface area contributed by atoms with Crippen molar-refractivity contribution in [3.05, 3.63) is 0 Å². The van der Waals surface area contributed by atoms with E-state index in [9.17, 15) is 0 Å². The van der Waals surface area contributed by atoms with Crippen LogP contribution in [-0.4, -0.2) is 80.0 Å². The SMILES string of the molecule is CC.CC(C)OC1CC(N(C)C)C1.CC(C)OC1CCC(N(C)C)CC1.O. The van der Waals surface area contributed by atoms with Gasteiger partial charge >= 0.3 is 0 Å². The highest BCUT2D eigenvalue weighted by atomic mass is 16.5. The summed E-state index contributed by atoms with van der Waals surface area (Å²) >= 11 is 0. The van der Waals surface area contributed by atoms with E-state index in [2.05, 4.69) is 65.7 Å². The Labute approximate surface area is 170 Å². The van der Waals surface area contributed by atoms with E-state index in [0.29, 0.717) is 24.4 Å². The molecule has 0 aliphatic heterocycles. The van der Waals surface area contributed by atoms with Crippen molar-refractivity contribution in [1.29, 1.82) is 0 Å². The van der Waals surface area contributed by atoms with Gasteiger partial charge in [-0.25, -0.2) is 0 Å². The molecular formula is C22H50N2O3. The van der Waals surface area contributed by atoms with Gasteiger partial charge in [-0.2, -0.15) is 0 Å². The molecule has 2 N–H and O–H groups in total. The van der Waals surface area contributed by atoms with Crippen LogP contribution in [0.3, 0.4) is 0 Å². The summed E-state index contributed by atoms with van der Waals surface area (Å²) in [5, 5.41) is 0. The van der Waals surface area contributed by atoms with E-state index < -0.39 is 0 Å². The van der Waals surface area contributed by atoms with Crippen molar-refractivity contribution in [2.45, 2.75) is 117 Å². The summed E-state index contributed by atoms with van der Waals surface area (Å²) < 4.78 is 11.4. The second-order valence-electron chi connectivity index (χ2n) is 8.47. The largest absolute Gasteiger partial charge is 0.412 e. The van der Waals surface area contributed by atoms with Crippen molar-refractivity contribution in [3.8, 4) is 0 Å². The molecule has 0 heterocycles. The van der Waals surface area contributed by atoms with E-state index in [1.165, 1.54) is 38.5 Å². The lowest BCUT2D eigenvalue weighted by Crippen LogP contribution is -2.45. The Hall–Kier alpha value is -0.200. The third-order valence-electron chi connectivity index (χ3n) is 5.10. The Morgan fingerprint density at radius 1 is 0.630 bits per heavy atom. The zero-order valence-corrected chi connectivity index (χ0v) is 19.9. The Kier molecular flexibility index (Phi) is 16.9. The first-order valence-electron chi connectivity index (χ1n) is 10.8. The molecule has 0 saturated heterocycles. The van der Waals surface area contributed by atoms with Crippen molar-refractivity contribution in [3.63, 3.8) is 0 Å². The summed E-state index contributed by atoms with van der Waals surface area (Å²) in [6, 6.07) is 1.55. The van der Waals surface area contributed by atoms with Gasteiger partial charge in [0.1, 0.15) is 0 Å². The molecule has 0 atom stereocenters. The van der Waals surface area contributed by atoms with Gasteiger partial charge in [0.15, 0.2) is 0 Å². The third kappa shape index (κ3) is 12.8. The maximum atomic E-state index is 5.80. The van der Waals surface area contributed by atoms with Gasteiger partial charge in [0.2, 0.25) is 0 Å². The predicted molar refractivity (Wildman–Crippen MR) is 118 cm³/mol. The van der Waals surface area contributed by atoms with Crippen LogP contribution in [0, 0.1) is 0 Å². The van der Waals surface area contributed by atoms with Crippen LogP contribution in [0.15, 0.2) is 0 Å². The summed E-state index contributed by atoms with van der Waals surface area (Å²) in [7, 11) is 8.62. The lowest BCUT2D eigenvalue weighted by Gasteiger charge is -2.40. The quantitative estimate of drug-likeness (QED) is 0.688. The Bertz CT molecular complexity index is 322. The van der Waals surface area contributed by atoms with Crippen LogP contribution in [0.1, 0.15) is 80.1 Å². The molecule has 0 aromatic carbocycles. The molecule has 166 valence electrons. The molecule has 0 bridgehead atoms. The molecule has 0 amide bonds. The number of nitrogens with zero attached hydrogens (tertiary/aromatic N) is 2. The number of hydrogen-bond donors (Lipinski definition) is 0. The molecule has 0 aromatic rings. The van der Waals surface area contributed by atoms with Crippen LogP contribution >= 0.6 is 0 Å². The average molecular weight is 391 g/mol. The van der Waals surface area contributed by atoms with Crippen molar-refractivity contribution in [2.24, 2.45) is 0 Å². The fourth-order valence-corrected chi connectivity index (χ4v) is 3.54. The van der Waals surface area contributed by atoms with Crippen molar-refractivity contribution in [1.82, 2.24) is 9.80 Å². The average Bonchev–Trinajstić information content (AvgIpc) is 2.52. The van der Waals surface area contributed by atoms with E-state index in [-0.39, 0.29) is 5.48 Å². The zero-order chi connectivity index (χ0) is 20.3. The van der Waals surface area contributed by atoms with Gasteiger partial charge < -0.3 is 24.7 Å². The maximum Gasteiger partial charge on any atom is 0.0608 e. The molecule has 2 fully saturated rings. The molecule has 27 heavy (non-hydrogen) atoms. The zero-order valence-electron chi connectivity index (χ0n) is 19.9. The van der Waals surface area contributed by atoms with Gasteiger partial charge in [0.25, 0.3) is 0 Å². The van der Waals surface area contributed by atoms with Gasteiger partial charge in [-0.15, -0.1) is 0 Å². The minimum Gasteiger partial charge on any atom is -0.412 e. The summed E-state index contributed by atoms with van der Waals surface area (Å²) in [6.45, 7) is 12.4. The van der Waals surface area contributed by atoms with Crippen LogP contribution in [0.4, 0.5) is 0 Å². The molecule has 2 saturated carbocycles. The summed E-state index contributed by atoms with van der Waals surface area (Å²) in [5.74, 6) is 0.